The molecule has 1 saturated heterocycles. The van der Waals surface area contributed by atoms with Gasteiger partial charge in [0.25, 0.3) is 5.91 Å². The number of carbonyl (C=O) groups is 1. The van der Waals surface area contributed by atoms with E-state index in [1.54, 1.807) is 6.07 Å². The van der Waals surface area contributed by atoms with Crippen LogP contribution in [0, 0.1) is 5.82 Å². The van der Waals surface area contributed by atoms with Gasteiger partial charge in [-0.05, 0) is 93.2 Å². The van der Waals surface area contributed by atoms with Crippen LogP contribution in [0.15, 0.2) is 30.3 Å². The molecule has 1 aromatic heterocycles. The number of fused-ring (bicyclic) bond motifs is 1. The molecule has 6 heteroatoms. The van der Waals surface area contributed by atoms with E-state index in [4.69, 9.17) is 0 Å². The van der Waals surface area contributed by atoms with Crippen molar-refractivity contribution in [3.63, 3.8) is 0 Å². The number of halogens is 1. The highest BCUT2D eigenvalue weighted by Crippen LogP contribution is 2.32. The Balaban J connectivity index is 1.77. The van der Waals surface area contributed by atoms with Gasteiger partial charge in [-0.15, -0.1) is 0 Å². The largest absolute Gasteiger partial charge is 0.346 e. The zero-order valence-corrected chi connectivity index (χ0v) is 18.1. The SMILES string of the molecule is CCc1c(F)cc(CN2CCC2)cc1-c1ccc2[nH]nc(C(=O)NC(C)(C)C)c2c1. The van der Waals surface area contributed by atoms with Crippen molar-refractivity contribution in [3.8, 4) is 11.1 Å². The van der Waals surface area contributed by atoms with Crippen molar-refractivity contribution in [2.75, 3.05) is 13.1 Å². The normalized spacial score (nSPS) is 14.7. The number of hydrogen-bond donors (Lipinski definition) is 2. The van der Waals surface area contributed by atoms with E-state index in [1.807, 2.05) is 45.9 Å². The molecule has 1 aliphatic rings. The number of rotatable bonds is 5. The predicted octanol–water partition coefficient (Wildman–Crippen LogP) is 4.67. The second-order valence-corrected chi connectivity index (χ2v) is 9.12. The summed E-state index contributed by atoms with van der Waals surface area (Å²) in [5.41, 5.74) is 4.26. The third-order valence-corrected chi connectivity index (χ3v) is 5.54. The summed E-state index contributed by atoms with van der Waals surface area (Å²) in [4.78, 5) is 15.0. The zero-order chi connectivity index (χ0) is 21.5. The molecule has 158 valence electrons. The lowest BCUT2D eigenvalue weighted by molar-refractivity contribution is 0.0916. The molecular weight excluding hydrogens is 379 g/mol. The molecule has 1 fully saturated rings. The van der Waals surface area contributed by atoms with Gasteiger partial charge in [0.1, 0.15) is 5.82 Å². The van der Waals surface area contributed by atoms with Gasteiger partial charge < -0.3 is 5.32 Å². The smallest absolute Gasteiger partial charge is 0.272 e. The van der Waals surface area contributed by atoms with Gasteiger partial charge in [-0.1, -0.05) is 13.0 Å². The molecule has 0 spiro atoms. The van der Waals surface area contributed by atoms with Crippen molar-refractivity contribution in [2.24, 2.45) is 0 Å². The summed E-state index contributed by atoms with van der Waals surface area (Å²) in [5, 5.41) is 10.9. The lowest BCUT2D eigenvalue weighted by Gasteiger charge is -2.31. The standard InChI is InChI=1S/C24H29FN4O/c1-5-17-18(11-15(12-20(17)25)14-29-9-6-10-29)16-7-8-21-19(13-16)22(28-27-21)23(30)26-24(2,3)4/h7-8,11-13H,5-6,9-10,14H2,1-4H3,(H,26,30)(H,27,28). The van der Waals surface area contributed by atoms with E-state index in [0.717, 1.165) is 47.2 Å². The molecule has 0 atom stereocenters. The van der Waals surface area contributed by atoms with Gasteiger partial charge in [-0.25, -0.2) is 4.39 Å². The Hall–Kier alpha value is -2.73. The summed E-state index contributed by atoms with van der Waals surface area (Å²) in [6, 6.07) is 9.58. The summed E-state index contributed by atoms with van der Waals surface area (Å²) >= 11 is 0. The second-order valence-electron chi connectivity index (χ2n) is 9.12. The maximum Gasteiger partial charge on any atom is 0.272 e. The van der Waals surface area contributed by atoms with Gasteiger partial charge in [0.2, 0.25) is 0 Å². The number of aromatic nitrogens is 2. The van der Waals surface area contributed by atoms with E-state index >= 15 is 0 Å². The molecule has 2 heterocycles. The van der Waals surface area contributed by atoms with Crippen LogP contribution < -0.4 is 5.32 Å². The Morgan fingerprint density at radius 3 is 2.63 bits per heavy atom. The molecule has 0 radical (unpaired) electrons. The Labute approximate surface area is 176 Å². The average molecular weight is 409 g/mol. The first kappa shape index (κ1) is 20.5. The van der Waals surface area contributed by atoms with Crippen molar-refractivity contribution >= 4 is 16.8 Å². The predicted molar refractivity (Wildman–Crippen MR) is 118 cm³/mol. The Bertz CT molecular complexity index is 1090. The summed E-state index contributed by atoms with van der Waals surface area (Å²) in [6.07, 6.45) is 1.81. The fourth-order valence-corrected chi connectivity index (χ4v) is 3.95. The molecular formula is C24H29FN4O. The Kier molecular flexibility index (Phi) is 5.36. The third kappa shape index (κ3) is 4.10. The van der Waals surface area contributed by atoms with Gasteiger partial charge in [-0.3, -0.25) is 14.8 Å². The first-order chi connectivity index (χ1) is 14.2. The van der Waals surface area contributed by atoms with Gasteiger partial charge in [0, 0.05) is 17.5 Å². The van der Waals surface area contributed by atoms with Crippen molar-refractivity contribution in [3.05, 3.63) is 53.0 Å². The minimum absolute atomic E-state index is 0.163. The van der Waals surface area contributed by atoms with Crippen LogP contribution in [-0.2, 0) is 13.0 Å². The number of hydrogen-bond acceptors (Lipinski definition) is 3. The topological polar surface area (TPSA) is 61.0 Å². The van der Waals surface area contributed by atoms with Gasteiger partial charge >= 0.3 is 0 Å². The first-order valence-electron chi connectivity index (χ1n) is 10.6. The Morgan fingerprint density at radius 1 is 1.23 bits per heavy atom. The van der Waals surface area contributed by atoms with Crippen molar-refractivity contribution in [1.29, 1.82) is 0 Å². The summed E-state index contributed by atoms with van der Waals surface area (Å²) in [5.74, 6) is -0.386. The number of likely N-dealkylation sites (tertiary alicyclic amines) is 1. The highest BCUT2D eigenvalue weighted by Gasteiger charge is 2.21. The fourth-order valence-electron chi connectivity index (χ4n) is 3.95. The van der Waals surface area contributed by atoms with Crippen LogP contribution in [0.2, 0.25) is 0 Å². The van der Waals surface area contributed by atoms with E-state index < -0.39 is 0 Å². The maximum atomic E-state index is 14.9. The van der Waals surface area contributed by atoms with E-state index in [-0.39, 0.29) is 17.3 Å². The molecule has 4 rings (SSSR count). The second kappa shape index (κ2) is 7.84. The number of aromatic amines is 1. The number of carbonyl (C=O) groups excluding carboxylic acids is 1. The lowest BCUT2D eigenvalue weighted by Crippen LogP contribution is -2.40. The zero-order valence-electron chi connectivity index (χ0n) is 18.1. The van der Waals surface area contributed by atoms with Crippen LogP contribution in [0.25, 0.3) is 22.0 Å². The summed E-state index contributed by atoms with van der Waals surface area (Å²) in [7, 11) is 0. The molecule has 0 aliphatic carbocycles. The molecule has 2 N–H and O–H groups in total. The summed E-state index contributed by atoms with van der Waals surface area (Å²) in [6.45, 7) is 10.7. The first-order valence-corrected chi connectivity index (χ1v) is 10.6. The number of nitrogens with one attached hydrogen (secondary N) is 2. The molecule has 3 aromatic rings. The molecule has 0 unspecified atom stereocenters. The highest BCUT2D eigenvalue weighted by atomic mass is 19.1. The van der Waals surface area contributed by atoms with Crippen molar-refractivity contribution < 1.29 is 9.18 Å². The maximum absolute atomic E-state index is 14.9. The van der Waals surface area contributed by atoms with Crippen LogP contribution in [0.5, 0.6) is 0 Å². The number of amides is 1. The van der Waals surface area contributed by atoms with Crippen molar-refractivity contribution in [2.45, 2.75) is 52.6 Å². The fraction of sp³-hybridized carbons (Fsp3) is 0.417. The molecule has 1 aliphatic heterocycles. The van der Waals surface area contributed by atoms with E-state index in [1.165, 1.54) is 6.42 Å². The minimum Gasteiger partial charge on any atom is -0.346 e. The molecule has 0 saturated carbocycles. The van der Waals surface area contributed by atoms with E-state index in [2.05, 4.69) is 26.5 Å². The highest BCUT2D eigenvalue weighted by molar-refractivity contribution is 6.06. The quantitative estimate of drug-likeness (QED) is 0.645. The molecule has 5 nitrogen and oxygen atoms in total. The number of H-pyrrole nitrogens is 1. The Morgan fingerprint density at radius 2 is 2.00 bits per heavy atom. The minimum atomic E-state index is -0.357. The molecule has 0 bridgehead atoms. The van der Waals surface area contributed by atoms with Crippen LogP contribution in [0.4, 0.5) is 4.39 Å². The number of benzene rings is 2. The number of nitrogens with zero attached hydrogens (tertiary/aromatic N) is 2. The lowest BCUT2D eigenvalue weighted by atomic mass is 9.93. The molecule has 30 heavy (non-hydrogen) atoms. The van der Waals surface area contributed by atoms with E-state index in [9.17, 15) is 9.18 Å². The molecule has 2 aromatic carbocycles. The third-order valence-electron chi connectivity index (χ3n) is 5.54. The van der Waals surface area contributed by atoms with Crippen molar-refractivity contribution in [1.82, 2.24) is 20.4 Å². The van der Waals surface area contributed by atoms with Gasteiger partial charge in [0.15, 0.2) is 5.69 Å². The van der Waals surface area contributed by atoms with Crippen LogP contribution >= 0.6 is 0 Å². The average Bonchev–Trinajstić information content (AvgIpc) is 3.06. The van der Waals surface area contributed by atoms with Crippen LogP contribution in [0.3, 0.4) is 0 Å². The van der Waals surface area contributed by atoms with Gasteiger partial charge in [0.05, 0.1) is 5.52 Å². The van der Waals surface area contributed by atoms with Gasteiger partial charge in [-0.2, -0.15) is 5.10 Å². The summed E-state index contributed by atoms with van der Waals surface area (Å²) < 4.78 is 14.9. The van der Waals surface area contributed by atoms with Crippen LogP contribution in [0.1, 0.15) is 55.7 Å². The van der Waals surface area contributed by atoms with Crippen LogP contribution in [-0.4, -0.2) is 39.6 Å². The van der Waals surface area contributed by atoms with E-state index in [0.29, 0.717) is 17.7 Å². The molecule has 1 amide bonds. The monoisotopic (exact) mass is 408 g/mol.